The average Bonchev–Trinajstić information content (AvgIpc) is 1.61. The first-order valence-electron chi connectivity index (χ1n) is 2.21. The molecule has 0 aromatic rings. The highest BCUT2D eigenvalue weighted by molar-refractivity contribution is 4.54. The van der Waals surface area contributed by atoms with Gasteiger partial charge in [0.05, 0.1) is 0 Å². The van der Waals surface area contributed by atoms with Crippen molar-refractivity contribution in [3.05, 3.63) is 19.6 Å². The largest absolute Gasteiger partial charge is 0.0956 e. The summed E-state index contributed by atoms with van der Waals surface area (Å²) in [6.45, 7) is 7.10. The molecule has 0 saturated heterocycles. The Morgan fingerprint density at radius 2 is 2.17 bits per heavy atom. The molecule has 0 aliphatic carbocycles. The van der Waals surface area contributed by atoms with Gasteiger partial charge in [-0.2, -0.15) is 0 Å². The Morgan fingerprint density at radius 3 is 2.33 bits per heavy atom. The number of rotatable bonds is 3. The highest BCUT2D eigenvalue weighted by Crippen LogP contribution is 1.90. The molecule has 0 bridgehead atoms. The lowest BCUT2D eigenvalue weighted by atomic mass is 10.3. The molecule has 0 aliphatic rings. The molecule has 6 heavy (non-hydrogen) atoms. The van der Waals surface area contributed by atoms with Crippen LogP contribution in [0.4, 0.5) is 0 Å². The van der Waals surface area contributed by atoms with Gasteiger partial charge in [0, 0.05) is 0 Å². The molecule has 0 nitrogen and oxygen atoms in total. The lowest BCUT2D eigenvalue weighted by Gasteiger charge is -1.81. The lowest BCUT2D eigenvalue weighted by molar-refractivity contribution is 0.854. The number of hydrogen-bond donors (Lipinski definition) is 0. The first kappa shape index (κ1) is 5.74. The van der Waals surface area contributed by atoms with E-state index < -0.39 is 0 Å². The number of hydrogen-bond acceptors (Lipinski definition) is 0. The molecule has 0 heteroatoms. The van der Waals surface area contributed by atoms with Crippen molar-refractivity contribution in [2.75, 3.05) is 0 Å². The Morgan fingerprint density at radius 1 is 1.50 bits per heavy atom. The molecule has 0 saturated carbocycles. The van der Waals surface area contributed by atoms with E-state index in [9.17, 15) is 0 Å². The van der Waals surface area contributed by atoms with Crippen molar-refractivity contribution in [2.45, 2.75) is 19.3 Å². The predicted molar refractivity (Wildman–Crippen MR) is 28.1 cm³/mol. The monoisotopic (exact) mass is 82.1 g/mol. The van der Waals surface area contributed by atoms with E-state index >= 15 is 0 Å². The third-order valence-electron chi connectivity index (χ3n) is 0.604. The van der Waals surface area contributed by atoms with E-state index in [1.807, 2.05) is 0 Å². The summed E-state index contributed by atoms with van der Waals surface area (Å²) in [4.78, 5) is 0. The molecular weight excluding hydrogens is 72.1 g/mol. The molecule has 0 unspecified atom stereocenters. The van der Waals surface area contributed by atoms with Gasteiger partial charge in [-0.3, -0.25) is 0 Å². The predicted octanol–water partition coefficient (Wildman–Crippen LogP) is 1.98. The number of allylic oxidation sites excluding steroid dienone is 1. The van der Waals surface area contributed by atoms with Crippen LogP contribution in [0.2, 0.25) is 0 Å². The molecule has 0 rings (SSSR count). The van der Waals surface area contributed by atoms with Crippen molar-refractivity contribution in [3.63, 3.8) is 0 Å². The standard InChI is InChI=1S/C6H10/c1-3-5-6-4-2/h1-3,5-6H2. The maximum Gasteiger partial charge on any atom is -0.0282 e. The van der Waals surface area contributed by atoms with Gasteiger partial charge in [-0.05, 0) is 12.8 Å². The molecule has 0 N–H and O–H groups in total. The van der Waals surface area contributed by atoms with Crippen molar-refractivity contribution in [1.29, 1.82) is 0 Å². The summed E-state index contributed by atoms with van der Waals surface area (Å²) in [5.74, 6) is 0. The Kier molecular flexibility index (Phi) is 4.53. The molecule has 0 aliphatic heterocycles. The first-order chi connectivity index (χ1) is 2.91. The van der Waals surface area contributed by atoms with Gasteiger partial charge >= 0.3 is 0 Å². The van der Waals surface area contributed by atoms with Crippen molar-refractivity contribution >= 4 is 0 Å². The van der Waals surface area contributed by atoms with Crippen LogP contribution in [0.3, 0.4) is 0 Å². The van der Waals surface area contributed by atoms with Crippen molar-refractivity contribution in [1.82, 2.24) is 0 Å². The van der Waals surface area contributed by atoms with Crippen LogP contribution in [0, 0.1) is 13.0 Å². The van der Waals surface area contributed by atoms with E-state index in [1.54, 1.807) is 0 Å². The fourth-order valence-electron chi connectivity index (χ4n) is 0.250. The molecule has 0 aromatic heterocycles. The first-order valence-corrected chi connectivity index (χ1v) is 2.21. The summed E-state index contributed by atoms with van der Waals surface area (Å²) < 4.78 is 0. The average molecular weight is 82.1 g/mol. The molecule has 0 aromatic carbocycles. The van der Waals surface area contributed by atoms with Gasteiger partial charge in [-0.25, -0.2) is 0 Å². The van der Waals surface area contributed by atoms with Gasteiger partial charge in [0.1, 0.15) is 0 Å². The smallest absolute Gasteiger partial charge is 0.0282 e. The van der Waals surface area contributed by atoms with E-state index in [0.29, 0.717) is 0 Å². The van der Waals surface area contributed by atoms with Crippen LogP contribution in [0.15, 0.2) is 6.58 Å². The Balaban J connectivity index is 2.49. The Labute approximate surface area is 39.9 Å². The summed E-state index contributed by atoms with van der Waals surface area (Å²) in [5.41, 5.74) is 0. The molecule has 2 radical (unpaired) electrons. The zero-order chi connectivity index (χ0) is 4.83. The van der Waals surface area contributed by atoms with E-state index in [4.69, 9.17) is 0 Å². The normalized spacial score (nSPS) is 8.17. The molecule has 0 amide bonds. The van der Waals surface area contributed by atoms with E-state index in [-0.39, 0.29) is 0 Å². The third-order valence-corrected chi connectivity index (χ3v) is 0.604. The highest BCUT2D eigenvalue weighted by atomic mass is 13.8. The molecule has 0 heterocycles. The zero-order valence-electron chi connectivity index (χ0n) is 4.04. The van der Waals surface area contributed by atoms with E-state index in [0.717, 1.165) is 19.3 Å². The van der Waals surface area contributed by atoms with E-state index in [1.165, 1.54) is 0 Å². The minimum absolute atomic E-state index is 0.990. The van der Waals surface area contributed by atoms with Gasteiger partial charge in [-0.15, -0.1) is 0 Å². The van der Waals surface area contributed by atoms with Crippen molar-refractivity contribution < 1.29 is 0 Å². The topological polar surface area (TPSA) is 0 Å². The van der Waals surface area contributed by atoms with Crippen LogP contribution in [-0.2, 0) is 0 Å². The maximum absolute atomic E-state index is 3.66. The maximum atomic E-state index is 3.66. The quantitative estimate of drug-likeness (QED) is 0.457. The van der Waals surface area contributed by atoms with Gasteiger partial charge in [0.2, 0.25) is 0 Å². The van der Waals surface area contributed by atoms with Crippen LogP contribution in [-0.4, -0.2) is 0 Å². The summed E-state index contributed by atoms with van der Waals surface area (Å²) >= 11 is 0. The molecule has 0 fully saturated rings. The van der Waals surface area contributed by atoms with Gasteiger partial charge in [0.15, 0.2) is 0 Å². The fraction of sp³-hybridized carbons (Fsp3) is 0.500. The van der Waals surface area contributed by atoms with Gasteiger partial charge < -0.3 is 0 Å². The molecule has 0 spiro atoms. The second kappa shape index (κ2) is 4.74. The summed E-state index contributed by atoms with van der Waals surface area (Å²) in [6.07, 6.45) is 5.90. The van der Waals surface area contributed by atoms with Crippen LogP contribution >= 0.6 is 0 Å². The number of unbranched alkanes of at least 4 members (excludes halogenated alkanes) is 2. The van der Waals surface area contributed by atoms with Crippen LogP contribution < -0.4 is 0 Å². The Bertz CT molecular complexity index is 29.0. The summed E-state index contributed by atoms with van der Waals surface area (Å²) in [5, 5.41) is 0. The van der Waals surface area contributed by atoms with E-state index in [2.05, 4.69) is 19.6 Å². The fourth-order valence-corrected chi connectivity index (χ4v) is 0.250. The second-order valence-corrected chi connectivity index (χ2v) is 1.21. The van der Waals surface area contributed by atoms with Crippen LogP contribution in [0.25, 0.3) is 0 Å². The summed E-state index contributed by atoms with van der Waals surface area (Å²) in [7, 11) is 0. The third kappa shape index (κ3) is 3.74. The highest BCUT2D eigenvalue weighted by Gasteiger charge is 1.72. The Hall–Kier alpha value is -0.260. The zero-order valence-corrected chi connectivity index (χ0v) is 4.04. The molecule has 34 valence electrons. The van der Waals surface area contributed by atoms with Crippen LogP contribution in [0.5, 0.6) is 0 Å². The molecular formula is C6H10. The second-order valence-electron chi connectivity index (χ2n) is 1.21. The minimum atomic E-state index is 0.990. The van der Waals surface area contributed by atoms with Crippen molar-refractivity contribution in [3.8, 4) is 0 Å². The summed E-state index contributed by atoms with van der Waals surface area (Å²) in [6, 6.07) is 0. The van der Waals surface area contributed by atoms with Gasteiger partial charge in [0.25, 0.3) is 0 Å². The lowest BCUT2D eigenvalue weighted by Crippen LogP contribution is -1.63. The SMILES string of the molecule is [CH2]CCC[C]=C. The van der Waals surface area contributed by atoms with Crippen molar-refractivity contribution in [2.24, 2.45) is 0 Å². The van der Waals surface area contributed by atoms with Crippen LogP contribution in [0.1, 0.15) is 19.3 Å². The minimum Gasteiger partial charge on any atom is -0.0956 e. The van der Waals surface area contributed by atoms with Gasteiger partial charge in [-0.1, -0.05) is 26.0 Å². The molecule has 0 atom stereocenters.